The molecule has 1 heterocycles. The van der Waals surface area contributed by atoms with Crippen LogP contribution in [0.4, 0.5) is 0 Å². The fraction of sp³-hybridized carbons (Fsp3) is 0.364. The molecule has 0 fully saturated rings. The number of allylic oxidation sites excluding steroid dienone is 1. The van der Waals surface area contributed by atoms with Crippen LogP contribution in [0.5, 0.6) is 0 Å². The van der Waals surface area contributed by atoms with Gasteiger partial charge in [-0.3, -0.25) is 4.98 Å². The van der Waals surface area contributed by atoms with E-state index in [2.05, 4.69) is 11.6 Å². The Morgan fingerprint density at radius 3 is 2.86 bits per heavy atom. The molecule has 0 bridgehead atoms. The van der Waals surface area contributed by atoms with E-state index in [1.165, 1.54) is 0 Å². The Kier molecular flexibility index (Phi) is 4.29. The summed E-state index contributed by atoms with van der Waals surface area (Å²) in [4.78, 5) is 3.92. The van der Waals surface area contributed by atoms with Crippen molar-refractivity contribution in [2.24, 2.45) is 5.92 Å². The molecule has 76 valence electrons. The minimum atomic E-state index is -0.674. The first-order valence-corrected chi connectivity index (χ1v) is 4.59. The predicted molar refractivity (Wildman–Crippen MR) is 54.6 cm³/mol. The van der Waals surface area contributed by atoms with Crippen molar-refractivity contribution in [3.63, 3.8) is 0 Å². The highest BCUT2D eigenvalue weighted by atomic mass is 16.3. The van der Waals surface area contributed by atoms with Crippen LogP contribution in [0.1, 0.15) is 18.1 Å². The molecule has 0 unspecified atom stereocenters. The van der Waals surface area contributed by atoms with Crippen LogP contribution in [-0.2, 0) is 0 Å². The van der Waals surface area contributed by atoms with Crippen molar-refractivity contribution in [1.82, 2.24) is 4.98 Å². The molecule has 3 nitrogen and oxygen atoms in total. The van der Waals surface area contributed by atoms with Crippen LogP contribution in [0.2, 0.25) is 0 Å². The quantitative estimate of drug-likeness (QED) is 0.693. The Labute approximate surface area is 83.7 Å². The lowest BCUT2D eigenvalue weighted by atomic mass is 9.95. The summed E-state index contributed by atoms with van der Waals surface area (Å²) in [7, 11) is 0. The molecule has 1 aromatic rings. The number of aliphatic hydroxyl groups is 2. The SMILES string of the molecule is C=CC[C@@H](CO)[C@H](O)c1cccnc1. The Morgan fingerprint density at radius 1 is 1.57 bits per heavy atom. The molecule has 14 heavy (non-hydrogen) atoms. The first-order chi connectivity index (χ1) is 6.79. The van der Waals surface area contributed by atoms with Crippen LogP contribution >= 0.6 is 0 Å². The normalized spacial score (nSPS) is 14.7. The molecule has 0 aliphatic rings. The van der Waals surface area contributed by atoms with Gasteiger partial charge in [0.1, 0.15) is 0 Å². The summed E-state index contributed by atoms with van der Waals surface area (Å²) in [5.41, 5.74) is 0.730. The second kappa shape index (κ2) is 5.52. The minimum Gasteiger partial charge on any atom is -0.396 e. The molecule has 1 rings (SSSR count). The monoisotopic (exact) mass is 193 g/mol. The molecular formula is C11H15NO2. The third-order valence-electron chi connectivity index (χ3n) is 2.18. The Morgan fingerprint density at radius 2 is 2.36 bits per heavy atom. The largest absolute Gasteiger partial charge is 0.396 e. The van der Waals surface area contributed by atoms with E-state index in [9.17, 15) is 5.11 Å². The molecule has 2 atom stereocenters. The zero-order valence-electron chi connectivity index (χ0n) is 8.00. The average Bonchev–Trinajstić information content (AvgIpc) is 2.26. The van der Waals surface area contributed by atoms with Crippen LogP contribution in [0.25, 0.3) is 0 Å². The molecule has 0 spiro atoms. The Hall–Kier alpha value is -1.19. The maximum absolute atomic E-state index is 9.86. The van der Waals surface area contributed by atoms with Crippen LogP contribution in [-0.4, -0.2) is 21.8 Å². The lowest BCUT2D eigenvalue weighted by Gasteiger charge is -2.19. The summed E-state index contributed by atoms with van der Waals surface area (Å²) in [6.07, 6.45) is 4.87. The molecule has 3 heteroatoms. The summed E-state index contributed by atoms with van der Waals surface area (Å²) in [6.45, 7) is 3.53. The molecule has 2 N–H and O–H groups in total. The predicted octanol–water partition coefficient (Wildman–Crippen LogP) is 1.30. The smallest absolute Gasteiger partial charge is 0.0857 e. The second-order valence-corrected chi connectivity index (χ2v) is 3.20. The zero-order chi connectivity index (χ0) is 10.4. The van der Waals surface area contributed by atoms with Gasteiger partial charge < -0.3 is 10.2 Å². The first kappa shape index (κ1) is 10.9. The van der Waals surface area contributed by atoms with Gasteiger partial charge in [0.2, 0.25) is 0 Å². The van der Waals surface area contributed by atoms with Gasteiger partial charge in [-0.05, 0) is 18.1 Å². The topological polar surface area (TPSA) is 53.4 Å². The molecule has 0 saturated carbocycles. The molecule has 0 aliphatic carbocycles. The van der Waals surface area contributed by atoms with Crippen molar-refractivity contribution in [3.05, 3.63) is 42.7 Å². The van der Waals surface area contributed by atoms with Crippen LogP contribution in [0.3, 0.4) is 0 Å². The van der Waals surface area contributed by atoms with Gasteiger partial charge in [-0.25, -0.2) is 0 Å². The Bertz CT molecular complexity index is 274. The van der Waals surface area contributed by atoms with Gasteiger partial charge in [0.15, 0.2) is 0 Å². The number of nitrogens with zero attached hydrogens (tertiary/aromatic N) is 1. The number of rotatable bonds is 5. The Balaban J connectivity index is 2.72. The second-order valence-electron chi connectivity index (χ2n) is 3.20. The van der Waals surface area contributed by atoms with Crippen molar-refractivity contribution in [3.8, 4) is 0 Å². The fourth-order valence-electron chi connectivity index (χ4n) is 1.34. The van der Waals surface area contributed by atoms with Crippen molar-refractivity contribution in [1.29, 1.82) is 0 Å². The van der Waals surface area contributed by atoms with Crippen LogP contribution in [0, 0.1) is 5.92 Å². The van der Waals surface area contributed by atoms with E-state index in [-0.39, 0.29) is 12.5 Å². The van der Waals surface area contributed by atoms with Gasteiger partial charge in [-0.2, -0.15) is 0 Å². The van der Waals surface area contributed by atoms with Gasteiger partial charge in [0, 0.05) is 24.9 Å². The van der Waals surface area contributed by atoms with E-state index in [4.69, 9.17) is 5.11 Å². The van der Waals surface area contributed by atoms with Crippen LogP contribution in [0.15, 0.2) is 37.2 Å². The van der Waals surface area contributed by atoms with Crippen molar-refractivity contribution in [2.45, 2.75) is 12.5 Å². The maximum atomic E-state index is 9.86. The van der Waals surface area contributed by atoms with E-state index in [1.54, 1.807) is 30.6 Å². The van der Waals surface area contributed by atoms with Crippen molar-refractivity contribution >= 4 is 0 Å². The average molecular weight is 193 g/mol. The lowest BCUT2D eigenvalue weighted by Crippen LogP contribution is -2.16. The van der Waals surface area contributed by atoms with E-state index in [0.717, 1.165) is 5.56 Å². The minimum absolute atomic E-state index is 0.0535. The number of aromatic nitrogens is 1. The molecular weight excluding hydrogens is 178 g/mol. The number of hydrogen-bond acceptors (Lipinski definition) is 3. The number of aliphatic hydroxyl groups excluding tert-OH is 2. The van der Waals surface area contributed by atoms with Gasteiger partial charge in [-0.15, -0.1) is 6.58 Å². The van der Waals surface area contributed by atoms with E-state index in [0.29, 0.717) is 6.42 Å². The third kappa shape index (κ3) is 2.65. The maximum Gasteiger partial charge on any atom is 0.0857 e. The van der Waals surface area contributed by atoms with Gasteiger partial charge >= 0.3 is 0 Å². The lowest BCUT2D eigenvalue weighted by molar-refractivity contribution is 0.0682. The zero-order valence-corrected chi connectivity index (χ0v) is 8.00. The van der Waals surface area contributed by atoms with Gasteiger partial charge in [0.05, 0.1) is 6.10 Å². The van der Waals surface area contributed by atoms with Crippen molar-refractivity contribution in [2.75, 3.05) is 6.61 Å². The van der Waals surface area contributed by atoms with Crippen molar-refractivity contribution < 1.29 is 10.2 Å². The highest BCUT2D eigenvalue weighted by Gasteiger charge is 2.18. The molecule has 0 aliphatic heterocycles. The van der Waals surface area contributed by atoms with E-state index in [1.807, 2.05) is 0 Å². The van der Waals surface area contributed by atoms with Gasteiger partial charge in [0.25, 0.3) is 0 Å². The van der Waals surface area contributed by atoms with E-state index < -0.39 is 6.10 Å². The molecule has 0 aromatic carbocycles. The highest BCUT2D eigenvalue weighted by molar-refractivity contribution is 5.13. The highest BCUT2D eigenvalue weighted by Crippen LogP contribution is 2.23. The summed E-state index contributed by atoms with van der Waals surface area (Å²) in [5, 5.41) is 18.9. The molecule has 1 aromatic heterocycles. The summed E-state index contributed by atoms with van der Waals surface area (Å²) in [6, 6.07) is 3.56. The first-order valence-electron chi connectivity index (χ1n) is 4.59. The van der Waals surface area contributed by atoms with E-state index >= 15 is 0 Å². The third-order valence-corrected chi connectivity index (χ3v) is 2.18. The van der Waals surface area contributed by atoms with Crippen LogP contribution < -0.4 is 0 Å². The van der Waals surface area contributed by atoms with Gasteiger partial charge in [-0.1, -0.05) is 12.1 Å². The standard InChI is InChI=1S/C11H15NO2/c1-2-4-10(8-13)11(14)9-5-3-6-12-7-9/h2-3,5-7,10-11,13-14H,1,4,8H2/t10-,11+/m0/s1. The molecule has 0 amide bonds. The molecule has 0 radical (unpaired) electrons. The molecule has 0 saturated heterocycles. The summed E-state index contributed by atoms with van der Waals surface area (Å²) >= 11 is 0. The fourth-order valence-corrected chi connectivity index (χ4v) is 1.34. The number of pyridine rings is 1. The summed E-state index contributed by atoms with van der Waals surface area (Å²) in [5.74, 6) is -0.198. The summed E-state index contributed by atoms with van der Waals surface area (Å²) < 4.78 is 0. The number of hydrogen-bond donors (Lipinski definition) is 2.